The van der Waals surface area contributed by atoms with Crippen molar-refractivity contribution in [3.63, 3.8) is 0 Å². The molecule has 3 N–H and O–H groups in total. The van der Waals surface area contributed by atoms with Gasteiger partial charge in [0.05, 0.1) is 39.6 Å². The number of pyridine rings is 1. The molecule has 5 rings (SSSR count). The molecule has 3 heterocycles. The highest BCUT2D eigenvalue weighted by Gasteiger charge is 2.37. The third-order valence-electron chi connectivity index (χ3n) is 11.4. The van der Waals surface area contributed by atoms with E-state index in [0.717, 1.165) is 43.2 Å². The van der Waals surface area contributed by atoms with E-state index < -0.39 is 54.0 Å². The Bertz CT molecular complexity index is 1950. The van der Waals surface area contributed by atoms with E-state index >= 15 is 0 Å². The zero-order valence-corrected chi connectivity index (χ0v) is 37.0. The molecule has 9 atom stereocenters. The lowest BCUT2D eigenvalue weighted by Gasteiger charge is -2.31. The smallest absolute Gasteiger partial charge is 0.331 e. The summed E-state index contributed by atoms with van der Waals surface area (Å²) in [5.74, 6) is -2.72. The van der Waals surface area contributed by atoms with Crippen molar-refractivity contribution in [2.75, 3.05) is 40.1 Å². The van der Waals surface area contributed by atoms with E-state index in [2.05, 4.69) is 24.1 Å². The van der Waals surface area contributed by atoms with Crippen molar-refractivity contribution in [2.24, 2.45) is 23.5 Å². The van der Waals surface area contributed by atoms with Crippen LogP contribution in [-0.4, -0.2) is 105 Å². The molecule has 1 amide bonds. The number of ether oxygens (including phenoxy) is 8. The molecule has 63 heavy (non-hydrogen) atoms. The van der Waals surface area contributed by atoms with Crippen molar-refractivity contribution in [1.29, 1.82) is 0 Å². The molecule has 344 valence electrons. The van der Waals surface area contributed by atoms with Gasteiger partial charge in [0.15, 0.2) is 17.5 Å². The van der Waals surface area contributed by atoms with Crippen molar-refractivity contribution in [1.82, 2.24) is 10.3 Å². The van der Waals surface area contributed by atoms with Crippen LogP contribution in [0.25, 0.3) is 0 Å². The first-order chi connectivity index (χ1) is 30.3. The number of aryl methyl sites for hydroxylation is 1. The molecule has 0 saturated carbocycles. The Balaban J connectivity index is 1.24. The number of nitrogens with one attached hydrogen (secondary N) is 1. The average molecular weight is 880 g/mol. The quantitative estimate of drug-likeness (QED) is 0.160. The first-order valence-electron chi connectivity index (χ1n) is 21.7. The van der Waals surface area contributed by atoms with Crippen LogP contribution < -0.4 is 25.3 Å². The highest BCUT2D eigenvalue weighted by Crippen LogP contribution is 2.31. The summed E-state index contributed by atoms with van der Waals surface area (Å²) in [5.41, 5.74) is 7.62. The maximum atomic E-state index is 13.9. The van der Waals surface area contributed by atoms with Crippen molar-refractivity contribution < 1.29 is 61.5 Å². The van der Waals surface area contributed by atoms with Gasteiger partial charge in [0, 0.05) is 37.6 Å². The van der Waals surface area contributed by atoms with Gasteiger partial charge in [-0.2, -0.15) is 0 Å². The summed E-state index contributed by atoms with van der Waals surface area (Å²) in [6, 6.07) is 13.3. The predicted octanol–water partition coefficient (Wildman–Crippen LogP) is 5.57. The number of methoxy groups -OCH3 is 1. The fraction of sp³-hybridized carbons (Fsp3) is 0.553. The van der Waals surface area contributed by atoms with E-state index in [1.165, 1.54) is 38.4 Å². The topological polar surface area (TPSA) is 193 Å². The van der Waals surface area contributed by atoms with Crippen LogP contribution in [0.5, 0.6) is 17.2 Å². The number of hydrogen-bond acceptors (Lipinski definition) is 14. The van der Waals surface area contributed by atoms with Crippen molar-refractivity contribution >= 4 is 23.8 Å². The van der Waals surface area contributed by atoms with Crippen LogP contribution in [0.2, 0.25) is 0 Å². The number of cyclic esters (lactones) is 2. The molecule has 3 aromatic rings. The Morgan fingerprint density at radius 1 is 0.889 bits per heavy atom. The largest absolute Gasteiger partial charge is 0.493 e. The van der Waals surface area contributed by atoms with E-state index in [1.807, 2.05) is 31.2 Å². The number of nitrogens with two attached hydrogens (primary N) is 1. The zero-order chi connectivity index (χ0) is 45.5. The number of hydrogen-bond donors (Lipinski definition) is 2. The van der Waals surface area contributed by atoms with Gasteiger partial charge in [-0.3, -0.25) is 14.4 Å². The first kappa shape index (κ1) is 48.9. The Kier molecular flexibility index (Phi) is 18.7. The van der Waals surface area contributed by atoms with Crippen LogP contribution in [0.1, 0.15) is 81.9 Å². The fourth-order valence-corrected chi connectivity index (χ4v) is 7.75. The number of amides is 1. The number of esters is 3. The highest BCUT2D eigenvalue weighted by atomic mass is 19.1. The van der Waals surface area contributed by atoms with Gasteiger partial charge < -0.3 is 48.9 Å². The van der Waals surface area contributed by atoms with E-state index in [4.69, 9.17) is 43.6 Å². The van der Waals surface area contributed by atoms with Crippen LogP contribution in [0.15, 0.2) is 60.8 Å². The number of aromatic nitrogens is 1. The number of rotatable bonds is 17. The minimum Gasteiger partial charge on any atom is -0.493 e. The summed E-state index contributed by atoms with van der Waals surface area (Å²) in [6.45, 7) is 9.90. The second kappa shape index (κ2) is 24.1. The zero-order valence-electron chi connectivity index (χ0n) is 37.0. The minimum absolute atomic E-state index is 0.0245. The number of benzene rings is 2. The standard InChI is InChI=1S/C47H62FN3O12/c1-7-22-59-41-26-57-24-38(49)46(54)60-29(3)36(41)19-9-28(2)8-10-32-13-17-35(18-14-32)63-42-27-58-25-39(47(55)61-30(4)37(42)23-33-11-15-34(48)16-12-33)51-45(53)43-44(62-31(5)52)40(56-6)20-21-50-43/h11-18,20-21,28-30,36-39,41-42H,7-10,19,22-27,49H2,1-6H3,(H,51,53). The Morgan fingerprint density at radius 2 is 1.56 bits per heavy atom. The molecule has 0 spiro atoms. The molecule has 1 aromatic heterocycles. The second-order valence-corrected chi connectivity index (χ2v) is 16.4. The van der Waals surface area contributed by atoms with Gasteiger partial charge in [-0.1, -0.05) is 44.5 Å². The fourth-order valence-electron chi connectivity index (χ4n) is 7.75. The normalized spacial score (nSPS) is 25.0. The summed E-state index contributed by atoms with van der Waals surface area (Å²) < 4.78 is 60.7. The van der Waals surface area contributed by atoms with E-state index in [9.17, 15) is 23.6 Å². The van der Waals surface area contributed by atoms with Crippen molar-refractivity contribution in [3.05, 3.63) is 83.4 Å². The van der Waals surface area contributed by atoms with Gasteiger partial charge in [-0.25, -0.2) is 14.2 Å². The molecule has 2 fully saturated rings. The van der Waals surface area contributed by atoms with Crippen LogP contribution in [0.4, 0.5) is 4.39 Å². The molecule has 2 aliphatic heterocycles. The molecule has 0 aliphatic carbocycles. The highest BCUT2D eigenvalue weighted by molar-refractivity contribution is 5.98. The van der Waals surface area contributed by atoms with Gasteiger partial charge in [0.25, 0.3) is 5.91 Å². The molecule has 0 radical (unpaired) electrons. The third-order valence-corrected chi connectivity index (χ3v) is 11.4. The van der Waals surface area contributed by atoms with Crippen molar-refractivity contribution in [3.8, 4) is 17.2 Å². The number of carbonyl (C=O) groups excluding carboxylic acids is 4. The average Bonchev–Trinajstić information content (AvgIpc) is 3.33. The molecule has 2 saturated heterocycles. The number of halogens is 1. The molecular weight excluding hydrogens is 818 g/mol. The van der Waals surface area contributed by atoms with Gasteiger partial charge in [-0.15, -0.1) is 0 Å². The lowest BCUT2D eigenvalue weighted by molar-refractivity contribution is -0.155. The van der Waals surface area contributed by atoms with Gasteiger partial charge in [0.2, 0.25) is 5.75 Å². The van der Waals surface area contributed by atoms with E-state index in [0.29, 0.717) is 31.3 Å². The first-order valence-corrected chi connectivity index (χ1v) is 21.7. The van der Waals surface area contributed by atoms with Crippen LogP contribution in [0.3, 0.4) is 0 Å². The molecule has 2 aromatic carbocycles. The maximum absolute atomic E-state index is 13.9. The van der Waals surface area contributed by atoms with Crippen LogP contribution in [-0.2, 0) is 50.9 Å². The summed E-state index contributed by atoms with van der Waals surface area (Å²) in [6.07, 6.45) is 4.08. The SMILES string of the molecule is CCCOC1COCC(N)C(=O)OC(C)C1CCC(C)CCc1ccc(OC2COCC(NC(=O)c3nccc(OC)c3OC(C)=O)C(=O)OC(C)C2Cc2ccc(F)cc2)cc1. The van der Waals surface area contributed by atoms with Gasteiger partial charge >= 0.3 is 17.9 Å². The minimum atomic E-state index is -1.25. The van der Waals surface area contributed by atoms with Crippen molar-refractivity contribution in [2.45, 2.75) is 110 Å². The lowest BCUT2D eigenvalue weighted by atomic mass is 9.87. The number of nitrogens with zero attached hydrogens (tertiary/aromatic N) is 1. The molecular formula is C47H62FN3O12. The maximum Gasteiger partial charge on any atom is 0.331 e. The molecule has 9 unspecified atom stereocenters. The summed E-state index contributed by atoms with van der Waals surface area (Å²) in [5, 5.41) is 2.61. The monoisotopic (exact) mass is 879 g/mol. The molecule has 0 bridgehead atoms. The second-order valence-electron chi connectivity index (χ2n) is 16.4. The van der Waals surface area contributed by atoms with Crippen LogP contribution >= 0.6 is 0 Å². The lowest BCUT2D eigenvalue weighted by Crippen LogP contribution is -2.46. The molecule has 16 heteroatoms. The molecule has 2 aliphatic rings. The summed E-state index contributed by atoms with van der Waals surface area (Å²) in [7, 11) is 1.35. The number of carbonyl (C=O) groups is 4. The van der Waals surface area contributed by atoms with Gasteiger partial charge in [-0.05, 0) is 87.3 Å². The molecule has 15 nitrogen and oxygen atoms in total. The summed E-state index contributed by atoms with van der Waals surface area (Å²) in [4.78, 5) is 55.5. The Morgan fingerprint density at radius 3 is 2.25 bits per heavy atom. The van der Waals surface area contributed by atoms with E-state index in [1.54, 1.807) is 19.1 Å². The Hall–Kier alpha value is -5.16. The van der Waals surface area contributed by atoms with E-state index in [-0.39, 0.29) is 61.0 Å². The summed E-state index contributed by atoms with van der Waals surface area (Å²) >= 11 is 0. The third kappa shape index (κ3) is 14.4. The Labute approximate surface area is 368 Å². The van der Waals surface area contributed by atoms with Gasteiger partial charge in [0.1, 0.15) is 35.9 Å². The predicted molar refractivity (Wildman–Crippen MR) is 229 cm³/mol. The van der Waals surface area contributed by atoms with Crippen LogP contribution in [0, 0.1) is 23.6 Å².